The lowest BCUT2D eigenvalue weighted by molar-refractivity contribution is 0.0653. The van der Waals surface area contributed by atoms with Gasteiger partial charge in [-0.1, -0.05) is 24.3 Å². The van der Waals surface area contributed by atoms with E-state index in [0.29, 0.717) is 43.6 Å². The molecule has 1 fully saturated rings. The van der Waals surface area contributed by atoms with Crippen LogP contribution < -0.4 is 5.32 Å². The molecule has 2 aromatic heterocycles. The van der Waals surface area contributed by atoms with E-state index >= 15 is 0 Å². The Bertz CT molecular complexity index is 1050. The number of nitrogens with zero attached hydrogens (tertiary/aromatic N) is 3. The van der Waals surface area contributed by atoms with E-state index in [0.717, 1.165) is 29.4 Å². The largest absolute Gasteiger partial charge is 0.451 e. The van der Waals surface area contributed by atoms with Gasteiger partial charge in [0, 0.05) is 43.3 Å². The van der Waals surface area contributed by atoms with Crippen LogP contribution in [0.15, 0.2) is 53.1 Å². The molecular formula is C24H28N4O3. The van der Waals surface area contributed by atoms with Gasteiger partial charge in [-0.05, 0) is 51.1 Å². The molecule has 4 rings (SSSR count). The minimum atomic E-state index is -0.158. The number of likely N-dealkylation sites (tertiary alicyclic amines) is 1. The average molecular weight is 421 g/mol. The highest BCUT2D eigenvalue weighted by molar-refractivity contribution is 5.99. The average Bonchev–Trinajstić information content (AvgIpc) is 3.16. The fourth-order valence-electron chi connectivity index (χ4n) is 4.05. The van der Waals surface area contributed by atoms with Gasteiger partial charge in [-0.15, -0.1) is 0 Å². The smallest absolute Gasteiger partial charge is 0.289 e. The number of carbonyl (C=O) groups excluding carboxylic acids is 2. The van der Waals surface area contributed by atoms with Crippen LogP contribution in [-0.2, 0) is 6.54 Å². The normalized spacial score (nSPS) is 14.9. The van der Waals surface area contributed by atoms with Crippen molar-refractivity contribution in [2.75, 3.05) is 33.7 Å². The molecule has 0 bridgehead atoms. The standard InChI is InChI=1S/C24H28N4O3/c1-27(2)16-19-18-7-3-4-9-21(18)31-22(19)24(30)28-13-10-17(11-14-28)15-26-23(29)20-8-5-6-12-25-20/h3-9,12,17H,10-11,13-16H2,1-2H3,(H,26,29). The van der Waals surface area contributed by atoms with Crippen LogP contribution in [0.1, 0.15) is 39.4 Å². The van der Waals surface area contributed by atoms with Crippen LogP contribution in [-0.4, -0.2) is 60.3 Å². The van der Waals surface area contributed by atoms with Gasteiger partial charge < -0.3 is 19.5 Å². The van der Waals surface area contributed by atoms with Crippen molar-refractivity contribution in [3.8, 4) is 0 Å². The molecule has 1 aromatic carbocycles. The second-order valence-electron chi connectivity index (χ2n) is 8.30. The van der Waals surface area contributed by atoms with Crippen molar-refractivity contribution < 1.29 is 14.0 Å². The molecule has 1 aliphatic rings. The fourth-order valence-corrected chi connectivity index (χ4v) is 4.05. The Hall–Kier alpha value is -3.19. The van der Waals surface area contributed by atoms with Crippen LogP contribution in [0, 0.1) is 5.92 Å². The molecule has 0 atom stereocenters. The molecule has 1 saturated heterocycles. The maximum atomic E-state index is 13.3. The number of piperidine rings is 1. The number of nitrogens with one attached hydrogen (secondary N) is 1. The van der Waals surface area contributed by atoms with Crippen molar-refractivity contribution in [1.29, 1.82) is 0 Å². The minimum absolute atomic E-state index is 0.0518. The van der Waals surface area contributed by atoms with Crippen molar-refractivity contribution in [1.82, 2.24) is 20.1 Å². The number of hydrogen-bond donors (Lipinski definition) is 1. The van der Waals surface area contributed by atoms with Gasteiger partial charge in [0.15, 0.2) is 5.76 Å². The van der Waals surface area contributed by atoms with Crippen molar-refractivity contribution in [2.24, 2.45) is 5.92 Å². The topological polar surface area (TPSA) is 78.7 Å². The van der Waals surface area contributed by atoms with E-state index in [1.807, 2.05) is 48.2 Å². The summed E-state index contributed by atoms with van der Waals surface area (Å²) in [5, 5.41) is 3.96. The molecule has 2 amide bonds. The highest BCUT2D eigenvalue weighted by Crippen LogP contribution is 2.29. The van der Waals surface area contributed by atoms with Crippen molar-refractivity contribution in [2.45, 2.75) is 19.4 Å². The molecule has 0 spiro atoms. The second-order valence-corrected chi connectivity index (χ2v) is 8.30. The molecule has 7 nitrogen and oxygen atoms in total. The summed E-state index contributed by atoms with van der Waals surface area (Å²) in [5.74, 6) is 0.573. The number of para-hydroxylation sites is 1. The first-order chi connectivity index (χ1) is 15.0. The molecule has 1 N–H and O–H groups in total. The number of carbonyl (C=O) groups is 2. The number of furan rings is 1. The summed E-state index contributed by atoms with van der Waals surface area (Å²) >= 11 is 0. The lowest BCUT2D eigenvalue weighted by atomic mass is 9.96. The van der Waals surface area contributed by atoms with Gasteiger partial charge in [0.05, 0.1) is 0 Å². The van der Waals surface area contributed by atoms with Gasteiger partial charge in [-0.2, -0.15) is 0 Å². The SMILES string of the molecule is CN(C)Cc1c(C(=O)N2CCC(CNC(=O)c3ccccn3)CC2)oc2ccccc12. The lowest BCUT2D eigenvalue weighted by Gasteiger charge is -2.31. The summed E-state index contributed by atoms with van der Waals surface area (Å²) in [6, 6.07) is 13.1. The zero-order valence-corrected chi connectivity index (χ0v) is 18.0. The third-order valence-corrected chi connectivity index (χ3v) is 5.72. The number of rotatable bonds is 6. The van der Waals surface area contributed by atoms with Gasteiger partial charge in [0.25, 0.3) is 11.8 Å². The molecule has 3 aromatic rings. The number of benzene rings is 1. The maximum Gasteiger partial charge on any atom is 0.289 e. The summed E-state index contributed by atoms with van der Waals surface area (Å²) in [6.07, 6.45) is 3.30. The Balaban J connectivity index is 1.38. The predicted molar refractivity (Wildman–Crippen MR) is 119 cm³/mol. The predicted octanol–water partition coefficient (Wildman–Crippen LogP) is 3.17. The number of aromatic nitrogens is 1. The molecule has 0 unspecified atom stereocenters. The van der Waals surface area contributed by atoms with E-state index < -0.39 is 0 Å². The minimum Gasteiger partial charge on any atom is -0.451 e. The van der Waals surface area contributed by atoms with E-state index in [-0.39, 0.29) is 11.8 Å². The van der Waals surface area contributed by atoms with Gasteiger partial charge in [-0.3, -0.25) is 14.6 Å². The first-order valence-electron chi connectivity index (χ1n) is 10.7. The van der Waals surface area contributed by atoms with Crippen LogP contribution in [0.4, 0.5) is 0 Å². The molecule has 1 aliphatic heterocycles. The van der Waals surface area contributed by atoms with E-state index in [4.69, 9.17) is 4.42 Å². The van der Waals surface area contributed by atoms with Crippen LogP contribution in [0.25, 0.3) is 11.0 Å². The van der Waals surface area contributed by atoms with E-state index in [1.165, 1.54) is 0 Å². The second kappa shape index (κ2) is 9.31. The van der Waals surface area contributed by atoms with Gasteiger partial charge in [0.2, 0.25) is 0 Å². The highest BCUT2D eigenvalue weighted by atomic mass is 16.3. The number of pyridine rings is 1. The molecule has 31 heavy (non-hydrogen) atoms. The third kappa shape index (κ3) is 4.77. The first kappa shape index (κ1) is 21.1. The zero-order chi connectivity index (χ0) is 21.8. The van der Waals surface area contributed by atoms with E-state index in [2.05, 4.69) is 10.3 Å². The van der Waals surface area contributed by atoms with Crippen LogP contribution >= 0.6 is 0 Å². The van der Waals surface area contributed by atoms with E-state index in [1.54, 1.807) is 24.4 Å². The Morgan fingerprint density at radius 3 is 2.58 bits per heavy atom. The van der Waals surface area contributed by atoms with Gasteiger partial charge >= 0.3 is 0 Å². The van der Waals surface area contributed by atoms with Crippen molar-refractivity contribution in [3.63, 3.8) is 0 Å². The van der Waals surface area contributed by atoms with Crippen molar-refractivity contribution >= 4 is 22.8 Å². The summed E-state index contributed by atoms with van der Waals surface area (Å²) in [6.45, 7) is 2.55. The Labute approximate surface area is 182 Å². The maximum absolute atomic E-state index is 13.3. The van der Waals surface area contributed by atoms with Crippen LogP contribution in [0.2, 0.25) is 0 Å². The Morgan fingerprint density at radius 2 is 1.87 bits per heavy atom. The summed E-state index contributed by atoms with van der Waals surface area (Å²) in [5.41, 5.74) is 2.11. The molecule has 0 saturated carbocycles. The summed E-state index contributed by atoms with van der Waals surface area (Å²) in [7, 11) is 3.97. The molecule has 0 radical (unpaired) electrons. The molecule has 7 heteroatoms. The molecule has 3 heterocycles. The van der Waals surface area contributed by atoms with Gasteiger partial charge in [-0.25, -0.2) is 0 Å². The third-order valence-electron chi connectivity index (χ3n) is 5.72. The van der Waals surface area contributed by atoms with E-state index in [9.17, 15) is 9.59 Å². The van der Waals surface area contributed by atoms with Gasteiger partial charge in [0.1, 0.15) is 11.3 Å². The number of fused-ring (bicyclic) bond motifs is 1. The molecular weight excluding hydrogens is 392 g/mol. The van der Waals surface area contributed by atoms with Crippen LogP contribution in [0.3, 0.4) is 0 Å². The monoisotopic (exact) mass is 420 g/mol. The Kier molecular flexibility index (Phi) is 6.32. The molecule has 162 valence electrons. The number of amides is 2. The summed E-state index contributed by atoms with van der Waals surface area (Å²) in [4.78, 5) is 33.5. The van der Waals surface area contributed by atoms with Crippen LogP contribution in [0.5, 0.6) is 0 Å². The van der Waals surface area contributed by atoms with Crippen molar-refractivity contribution in [3.05, 3.63) is 65.7 Å². The Morgan fingerprint density at radius 1 is 1.13 bits per heavy atom. The summed E-state index contributed by atoms with van der Waals surface area (Å²) < 4.78 is 5.99. The number of hydrogen-bond acceptors (Lipinski definition) is 5. The fraction of sp³-hybridized carbons (Fsp3) is 0.375. The lowest BCUT2D eigenvalue weighted by Crippen LogP contribution is -2.41. The quantitative estimate of drug-likeness (QED) is 0.663. The first-order valence-corrected chi connectivity index (χ1v) is 10.7. The zero-order valence-electron chi connectivity index (χ0n) is 18.0. The highest BCUT2D eigenvalue weighted by Gasteiger charge is 2.29. The molecule has 0 aliphatic carbocycles.